The average molecular weight is 314 g/mol. The first kappa shape index (κ1) is 17.7. The van der Waals surface area contributed by atoms with Gasteiger partial charge in [-0.2, -0.15) is 0 Å². The minimum absolute atomic E-state index is 0.0657. The molecule has 6 nitrogen and oxygen atoms in total. The van der Waals surface area contributed by atoms with E-state index in [-0.39, 0.29) is 17.2 Å². The maximum Gasteiger partial charge on any atom is 0.149 e. The molecule has 1 heterocycles. The van der Waals surface area contributed by atoms with Crippen LogP contribution in [0.4, 0.5) is 11.6 Å². The summed E-state index contributed by atoms with van der Waals surface area (Å²) in [5.41, 5.74) is 0.696. The van der Waals surface area contributed by atoms with E-state index in [1.54, 1.807) is 0 Å². The average Bonchev–Trinajstić information content (AvgIpc) is 2.27. The normalized spacial score (nSPS) is 13.9. The van der Waals surface area contributed by atoms with Gasteiger partial charge in [-0.15, -0.1) is 0 Å². The summed E-state index contributed by atoms with van der Waals surface area (Å²) in [6.45, 7) is 9.87. The highest BCUT2D eigenvalue weighted by Gasteiger charge is 2.22. The number of sulfone groups is 1. The Kier molecular flexibility index (Phi) is 5.20. The Morgan fingerprint density at radius 3 is 2.14 bits per heavy atom. The molecule has 2 N–H and O–H groups in total. The van der Waals surface area contributed by atoms with Crippen LogP contribution >= 0.6 is 0 Å². The van der Waals surface area contributed by atoms with Gasteiger partial charge in [0.1, 0.15) is 27.3 Å². The predicted molar refractivity (Wildman–Crippen MR) is 87.8 cm³/mol. The molecule has 0 aromatic carbocycles. The van der Waals surface area contributed by atoms with E-state index in [2.05, 4.69) is 20.6 Å². The molecular formula is C14H26N4O2S. The zero-order chi connectivity index (χ0) is 16.4. The monoisotopic (exact) mass is 314 g/mol. The maximum atomic E-state index is 11.4. The summed E-state index contributed by atoms with van der Waals surface area (Å²) in [6, 6.07) is -0.217. The Bertz CT molecular complexity index is 606. The van der Waals surface area contributed by atoms with Gasteiger partial charge < -0.3 is 10.6 Å². The van der Waals surface area contributed by atoms with Crippen LogP contribution in [-0.4, -0.2) is 43.5 Å². The first-order valence-corrected chi connectivity index (χ1v) is 9.01. The Morgan fingerprint density at radius 1 is 1.19 bits per heavy atom. The van der Waals surface area contributed by atoms with Gasteiger partial charge in [0.15, 0.2) is 0 Å². The fourth-order valence-corrected chi connectivity index (χ4v) is 2.96. The minimum atomic E-state index is -3.03. The molecule has 1 unspecified atom stereocenters. The number of rotatable bonds is 5. The van der Waals surface area contributed by atoms with E-state index in [1.807, 2.05) is 41.7 Å². The number of nitrogens with one attached hydrogen (secondary N) is 2. The highest BCUT2D eigenvalue weighted by Crippen LogP contribution is 2.26. The molecule has 0 aliphatic carbocycles. The first-order valence-electron chi connectivity index (χ1n) is 6.95. The van der Waals surface area contributed by atoms with Crippen molar-refractivity contribution in [2.75, 3.05) is 29.7 Å². The van der Waals surface area contributed by atoms with Crippen molar-refractivity contribution in [3.8, 4) is 0 Å². The summed E-state index contributed by atoms with van der Waals surface area (Å²) in [6.07, 6.45) is 1.23. The van der Waals surface area contributed by atoms with E-state index in [9.17, 15) is 8.42 Å². The maximum absolute atomic E-state index is 11.4. The molecule has 0 aliphatic heterocycles. The number of aromatic nitrogens is 2. The Morgan fingerprint density at radius 2 is 1.71 bits per heavy atom. The molecule has 7 heteroatoms. The SMILES string of the molecule is CNc1nc(C(C)(C)C)nc(NC(C)CS(C)(=O)=O)c1C. The molecule has 1 rings (SSSR count). The van der Waals surface area contributed by atoms with Gasteiger partial charge in [0, 0.05) is 30.3 Å². The van der Waals surface area contributed by atoms with E-state index >= 15 is 0 Å². The minimum Gasteiger partial charge on any atom is -0.373 e. The highest BCUT2D eigenvalue weighted by atomic mass is 32.2. The van der Waals surface area contributed by atoms with Gasteiger partial charge in [-0.1, -0.05) is 20.8 Å². The lowest BCUT2D eigenvalue weighted by Crippen LogP contribution is -2.27. The van der Waals surface area contributed by atoms with Crippen LogP contribution in [0.3, 0.4) is 0 Å². The lowest BCUT2D eigenvalue weighted by molar-refractivity contribution is 0.545. The predicted octanol–water partition coefficient (Wildman–Crippen LogP) is 1.97. The summed E-state index contributed by atoms with van der Waals surface area (Å²) in [4.78, 5) is 9.09. The van der Waals surface area contributed by atoms with Crippen LogP contribution in [-0.2, 0) is 15.3 Å². The highest BCUT2D eigenvalue weighted by molar-refractivity contribution is 7.90. The van der Waals surface area contributed by atoms with Crippen molar-refractivity contribution < 1.29 is 8.42 Å². The topological polar surface area (TPSA) is 84.0 Å². The Labute approximate surface area is 127 Å². The van der Waals surface area contributed by atoms with Crippen molar-refractivity contribution in [3.05, 3.63) is 11.4 Å². The molecular weight excluding hydrogens is 288 g/mol. The molecule has 1 aromatic heterocycles. The van der Waals surface area contributed by atoms with Crippen molar-refractivity contribution in [2.24, 2.45) is 0 Å². The molecule has 0 aliphatic rings. The van der Waals surface area contributed by atoms with E-state index in [0.717, 1.165) is 11.4 Å². The molecule has 1 atom stereocenters. The van der Waals surface area contributed by atoms with Crippen LogP contribution in [0.25, 0.3) is 0 Å². The molecule has 0 amide bonds. The van der Waals surface area contributed by atoms with Crippen LogP contribution in [0, 0.1) is 6.92 Å². The summed E-state index contributed by atoms with van der Waals surface area (Å²) in [5.74, 6) is 2.21. The van der Waals surface area contributed by atoms with Gasteiger partial charge in [0.05, 0.1) is 5.75 Å². The van der Waals surface area contributed by atoms with Crippen LogP contribution < -0.4 is 10.6 Å². The lowest BCUT2D eigenvalue weighted by Gasteiger charge is -2.22. The van der Waals surface area contributed by atoms with Gasteiger partial charge in [0.25, 0.3) is 0 Å². The zero-order valence-corrected chi connectivity index (χ0v) is 14.7. The molecule has 0 radical (unpaired) electrons. The number of hydrogen-bond donors (Lipinski definition) is 2. The van der Waals surface area contributed by atoms with Gasteiger partial charge in [0.2, 0.25) is 0 Å². The second-order valence-corrected chi connectivity index (χ2v) is 8.69. The van der Waals surface area contributed by atoms with Crippen molar-refractivity contribution in [1.29, 1.82) is 0 Å². The third-order valence-corrected chi connectivity index (χ3v) is 4.09. The largest absolute Gasteiger partial charge is 0.373 e. The van der Waals surface area contributed by atoms with Crippen molar-refractivity contribution in [3.63, 3.8) is 0 Å². The van der Waals surface area contributed by atoms with Crippen LogP contribution in [0.5, 0.6) is 0 Å². The molecule has 0 bridgehead atoms. The summed E-state index contributed by atoms with van der Waals surface area (Å²) in [5, 5.41) is 6.24. The van der Waals surface area contributed by atoms with E-state index in [1.165, 1.54) is 6.26 Å². The molecule has 0 fully saturated rings. The van der Waals surface area contributed by atoms with Gasteiger partial charge >= 0.3 is 0 Å². The van der Waals surface area contributed by atoms with Gasteiger partial charge in [-0.25, -0.2) is 18.4 Å². The number of nitrogens with zero attached hydrogens (tertiary/aromatic N) is 2. The van der Waals surface area contributed by atoms with Gasteiger partial charge in [-0.05, 0) is 13.8 Å². The van der Waals surface area contributed by atoms with Crippen LogP contribution in [0.1, 0.15) is 39.1 Å². The molecule has 21 heavy (non-hydrogen) atoms. The van der Waals surface area contributed by atoms with E-state index in [0.29, 0.717) is 11.6 Å². The second-order valence-electron chi connectivity index (χ2n) is 6.51. The Balaban J connectivity index is 3.17. The zero-order valence-electron chi connectivity index (χ0n) is 13.9. The van der Waals surface area contributed by atoms with E-state index in [4.69, 9.17) is 0 Å². The van der Waals surface area contributed by atoms with Crippen LogP contribution in [0.2, 0.25) is 0 Å². The second kappa shape index (κ2) is 6.17. The van der Waals surface area contributed by atoms with Gasteiger partial charge in [-0.3, -0.25) is 0 Å². The number of hydrogen-bond acceptors (Lipinski definition) is 6. The molecule has 120 valence electrons. The molecule has 0 saturated carbocycles. The Hall–Kier alpha value is -1.37. The number of anilines is 2. The molecule has 0 saturated heterocycles. The summed E-state index contributed by atoms with van der Waals surface area (Å²) >= 11 is 0. The smallest absolute Gasteiger partial charge is 0.149 e. The third kappa shape index (κ3) is 5.15. The van der Waals surface area contributed by atoms with Crippen molar-refractivity contribution in [1.82, 2.24) is 9.97 Å². The quantitative estimate of drug-likeness (QED) is 0.864. The molecule has 1 aromatic rings. The first-order chi connectivity index (χ1) is 9.44. The fraction of sp³-hybridized carbons (Fsp3) is 0.714. The third-order valence-electron chi connectivity index (χ3n) is 2.99. The molecule has 0 spiro atoms. The summed E-state index contributed by atoms with van der Waals surface area (Å²) < 4.78 is 22.8. The van der Waals surface area contributed by atoms with Crippen molar-refractivity contribution in [2.45, 2.75) is 46.1 Å². The summed E-state index contributed by atoms with van der Waals surface area (Å²) in [7, 11) is -1.22. The van der Waals surface area contributed by atoms with Crippen molar-refractivity contribution >= 4 is 21.5 Å². The van der Waals surface area contributed by atoms with E-state index < -0.39 is 9.84 Å². The van der Waals surface area contributed by atoms with Crippen LogP contribution in [0.15, 0.2) is 0 Å². The lowest BCUT2D eigenvalue weighted by atomic mass is 9.95. The standard InChI is InChI=1S/C14H26N4O2S/c1-9(8-21(7,19)20)16-12-10(2)11(15-6)17-13(18-12)14(3,4)5/h9H,8H2,1-7H3,(H2,15,16,17,18). The fourth-order valence-electron chi connectivity index (χ4n) is 1.97.